The van der Waals surface area contributed by atoms with Gasteiger partial charge in [-0.05, 0) is 80.1 Å². The van der Waals surface area contributed by atoms with Crippen molar-refractivity contribution < 1.29 is 28.6 Å². The van der Waals surface area contributed by atoms with Crippen LogP contribution in [-0.4, -0.2) is 43.8 Å². The zero-order valence-electron chi connectivity index (χ0n) is 21.0. The van der Waals surface area contributed by atoms with Crippen molar-refractivity contribution in [1.82, 2.24) is 10.7 Å². The minimum atomic E-state index is -0.551. The highest BCUT2D eigenvalue weighted by atomic mass is 79.9. The Hall–Kier alpha value is -4.18. The van der Waals surface area contributed by atoms with Crippen LogP contribution >= 0.6 is 15.9 Å². The predicted octanol–water partition coefficient (Wildman–Crippen LogP) is 4.74. The van der Waals surface area contributed by atoms with Gasteiger partial charge in [-0.3, -0.25) is 9.59 Å². The first-order chi connectivity index (χ1) is 18.4. The Labute approximate surface area is 229 Å². The first-order valence-corrected chi connectivity index (χ1v) is 12.8. The maximum atomic E-state index is 12.6. The van der Waals surface area contributed by atoms with Crippen molar-refractivity contribution >= 4 is 39.9 Å². The number of hydrogen-bond acceptors (Lipinski definition) is 7. The van der Waals surface area contributed by atoms with Gasteiger partial charge in [-0.2, -0.15) is 5.10 Å². The van der Waals surface area contributed by atoms with E-state index in [0.29, 0.717) is 41.4 Å². The lowest BCUT2D eigenvalue weighted by Crippen LogP contribution is -2.34. The number of nitrogens with one attached hydrogen (secondary N) is 2. The van der Waals surface area contributed by atoms with Gasteiger partial charge < -0.3 is 19.5 Å². The summed E-state index contributed by atoms with van der Waals surface area (Å²) < 4.78 is 17.2. The number of rotatable bonds is 12. The van der Waals surface area contributed by atoms with Crippen LogP contribution < -0.4 is 25.0 Å². The van der Waals surface area contributed by atoms with Crippen LogP contribution in [0.25, 0.3) is 0 Å². The van der Waals surface area contributed by atoms with Gasteiger partial charge in [0.15, 0.2) is 0 Å². The van der Waals surface area contributed by atoms with Crippen molar-refractivity contribution in [3.8, 4) is 17.2 Å². The van der Waals surface area contributed by atoms with Crippen molar-refractivity contribution in [2.24, 2.45) is 5.10 Å². The molecule has 0 aromatic heterocycles. The minimum Gasteiger partial charge on any atom is -0.494 e. The number of nitrogens with zero attached hydrogens (tertiary/aromatic N) is 1. The topological polar surface area (TPSA) is 115 Å². The highest BCUT2D eigenvalue weighted by molar-refractivity contribution is 9.10. The van der Waals surface area contributed by atoms with Gasteiger partial charge in [0.05, 0.1) is 31.5 Å². The predicted molar refractivity (Wildman–Crippen MR) is 147 cm³/mol. The van der Waals surface area contributed by atoms with Gasteiger partial charge in [-0.1, -0.05) is 22.9 Å². The average Bonchev–Trinajstić information content (AvgIpc) is 2.92. The molecular formula is C28H28BrN3O6. The molecule has 0 spiro atoms. The van der Waals surface area contributed by atoms with Crippen molar-refractivity contribution in [1.29, 1.82) is 0 Å². The summed E-state index contributed by atoms with van der Waals surface area (Å²) in [5.74, 6) is 0.101. The van der Waals surface area contributed by atoms with Crippen LogP contribution in [0, 0.1) is 0 Å². The van der Waals surface area contributed by atoms with Crippen LogP contribution in [-0.2, 0) is 4.79 Å². The van der Waals surface area contributed by atoms with Crippen LogP contribution in [0.1, 0.15) is 46.5 Å². The van der Waals surface area contributed by atoms with Gasteiger partial charge in [0, 0.05) is 15.6 Å². The molecule has 3 aromatic rings. The van der Waals surface area contributed by atoms with Crippen LogP contribution in [0.4, 0.5) is 0 Å². The normalized spacial score (nSPS) is 10.6. The highest BCUT2D eigenvalue weighted by Gasteiger charge is 2.13. The number of carbonyl (C=O) groups is 3. The Morgan fingerprint density at radius 3 is 2.21 bits per heavy atom. The van der Waals surface area contributed by atoms with Crippen LogP contribution in [0.3, 0.4) is 0 Å². The average molecular weight is 582 g/mol. The second-order valence-electron chi connectivity index (χ2n) is 7.88. The molecule has 0 bridgehead atoms. The molecule has 0 fully saturated rings. The van der Waals surface area contributed by atoms with Crippen LogP contribution in [0.2, 0.25) is 0 Å². The van der Waals surface area contributed by atoms with Crippen molar-refractivity contribution in [2.45, 2.75) is 20.3 Å². The second kappa shape index (κ2) is 14.5. The molecule has 0 aliphatic rings. The minimum absolute atomic E-state index is 0.256. The standard InChI is InChI=1S/C28H28BrN3O6/c1-3-15-37-24-12-7-20(8-13-24)28(35)38-25-14-9-22(29)16-21(25)17-31-32-26(33)18-30-27(34)19-5-10-23(11-6-19)36-4-2/h5-14,16-17H,3-4,15,18H2,1-2H3,(H,30,34)(H,32,33)/b31-17+. The Balaban J connectivity index is 1.55. The largest absolute Gasteiger partial charge is 0.494 e. The number of benzene rings is 3. The van der Waals surface area contributed by atoms with E-state index in [1.807, 2.05) is 13.8 Å². The van der Waals surface area contributed by atoms with E-state index in [4.69, 9.17) is 14.2 Å². The Bertz CT molecular complexity index is 1280. The van der Waals surface area contributed by atoms with E-state index in [1.165, 1.54) is 6.21 Å². The smallest absolute Gasteiger partial charge is 0.343 e. The summed E-state index contributed by atoms with van der Waals surface area (Å²) in [5, 5.41) is 6.45. The molecule has 0 saturated carbocycles. The summed E-state index contributed by atoms with van der Waals surface area (Å²) in [6.07, 6.45) is 2.23. The molecule has 0 aliphatic heterocycles. The number of halogens is 1. The van der Waals surface area contributed by atoms with Gasteiger partial charge in [-0.15, -0.1) is 0 Å². The Kier molecular flexibility index (Phi) is 10.9. The van der Waals surface area contributed by atoms with Gasteiger partial charge in [0.25, 0.3) is 11.8 Å². The summed E-state index contributed by atoms with van der Waals surface area (Å²) in [4.78, 5) is 37.0. The zero-order chi connectivity index (χ0) is 27.3. The van der Waals surface area contributed by atoms with Gasteiger partial charge in [0.2, 0.25) is 0 Å². The fraction of sp³-hybridized carbons (Fsp3) is 0.214. The van der Waals surface area contributed by atoms with Gasteiger partial charge in [-0.25, -0.2) is 10.2 Å². The molecule has 0 radical (unpaired) electrons. The molecule has 10 heteroatoms. The summed E-state index contributed by atoms with van der Waals surface area (Å²) in [6, 6.07) is 18.3. The number of hydrazone groups is 1. The molecule has 0 heterocycles. The molecule has 0 unspecified atom stereocenters. The maximum Gasteiger partial charge on any atom is 0.343 e. The molecule has 2 N–H and O–H groups in total. The van der Waals surface area contributed by atoms with Crippen molar-refractivity contribution in [3.05, 3.63) is 87.9 Å². The van der Waals surface area contributed by atoms with E-state index >= 15 is 0 Å². The van der Waals surface area contributed by atoms with E-state index < -0.39 is 17.8 Å². The fourth-order valence-electron chi connectivity index (χ4n) is 3.12. The molecule has 9 nitrogen and oxygen atoms in total. The quantitative estimate of drug-likeness (QED) is 0.138. The lowest BCUT2D eigenvalue weighted by atomic mass is 10.2. The Morgan fingerprint density at radius 1 is 0.895 bits per heavy atom. The lowest BCUT2D eigenvalue weighted by molar-refractivity contribution is -0.120. The maximum absolute atomic E-state index is 12.6. The number of carbonyl (C=O) groups excluding carboxylic acids is 3. The third-order valence-corrected chi connectivity index (χ3v) is 5.46. The zero-order valence-corrected chi connectivity index (χ0v) is 22.6. The summed E-state index contributed by atoms with van der Waals surface area (Å²) >= 11 is 3.37. The third kappa shape index (κ3) is 8.74. The second-order valence-corrected chi connectivity index (χ2v) is 8.79. The fourth-order valence-corrected chi connectivity index (χ4v) is 3.50. The number of esters is 1. The highest BCUT2D eigenvalue weighted by Crippen LogP contribution is 2.23. The molecule has 3 aromatic carbocycles. The van der Waals surface area contributed by atoms with E-state index in [9.17, 15) is 14.4 Å². The number of hydrogen-bond donors (Lipinski definition) is 2. The van der Waals surface area contributed by atoms with Gasteiger partial charge >= 0.3 is 5.97 Å². The van der Waals surface area contributed by atoms with Crippen LogP contribution in [0.15, 0.2) is 76.3 Å². The van der Waals surface area contributed by atoms with Crippen LogP contribution in [0.5, 0.6) is 17.2 Å². The molecule has 198 valence electrons. The lowest BCUT2D eigenvalue weighted by Gasteiger charge is -2.09. The molecule has 0 saturated heterocycles. The SMILES string of the molecule is CCCOc1ccc(C(=O)Oc2ccc(Br)cc2/C=N/NC(=O)CNC(=O)c2ccc(OCC)cc2)cc1. The number of ether oxygens (including phenoxy) is 3. The summed E-state index contributed by atoms with van der Waals surface area (Å²) in [7, 11) is 0. The molecule has 0 aliphatic carbocycles. The number of amides is 2. The molecular weight excluding hydrogens is 554 g/mol. The first-order valence-electron chi connectivity index (χ1n) is 12.0. The summed E-state index contributed by atoms with van der Waals surface area (Å²) in [5.41, 5.74) is 3.55. The first kappa shape index (κ1) is 28.4. The monoisotopic (exact) mass is 581 g/mol. The molecule has 3 rings (SSSR count). The van der Waals surface area contributed by atoms with E-state index in [0.717, 1.165) is 10.9 Å². The molecule has 38 heavy (non-hydrogen) atoms. The van der Waals surface area contributed by atoms with Crippen molar-refractivity contribution in [3.63, 3.8) is 0 Å². The third-order valence-electron chi connectivity index (χ3n) is 4.97. The van der Waals surface area contributed by atoms with E-state index in [1.54, 1.807) is 66.7 Å². The van der Waals surface area contributed by atoms with E-state index in [-0.39, 0.29) is 12.3 Å². The molecule has 2 amide bonds. The summed E-state index contributed by atoms with van der Waals surface area (Å²) in [6.45, 7) is 4.73. The molecule has 0 atom stereocenters. The van der Waals surface area contributed by atoms with Gasteiger partial charge in [0.1, 0.15) is 17.2 Å². The Morgan fingerprint density at radius 2 is 1.55 bits per heavy atom. The van der Waals surface area contributed by atoms with Crippen molar-refractivity contribution in [2.75, 3.05) is 19.8 Å². The van der Waals surface area contributed by atoms with E-state index in [2.05, 4.69) is 31.8 Å².